The molecule has 0 aliphatic carbocycles. The molecule has 1 saturated heterocycles. The van der Waals surface area contributed by atoms with Crippen LogP contribution < -0.4 is 5.32 Å². The highest BCUT2D eigenvalue weighted by molar-refractivity contribution is 6.02. The molecule has 0 radical (unpaired) electrons. The monoisotopic (exact) mass is 341 g/mol. The Kier molecular flexibility index (Phi) is 11.8. The average Bonchev–Trinajstić information content (AvgIpc) is 2.84. The zero-order valence-corrected chi connectivity index (χ0v) is 14.6. The summed E-state index contributed by atoms with van der Waals surface area (Å²) in [7, 11) is 0. The lowest BCUT2D eigenvalue weighted by atomic mass is 9.96. The van der Waals surface area contributed by atoms with Gasteiger partial charge < -0.3 is 21.0 Å². The molecule has 0 spiro atoms. The lowest BCUT2D eigenvalue weighted by Gasteiger charge is -2.22. The van der Waals surface area contributed by atoms with Gasteiger partial charge in [0.05, 0.1) is 5.54 Å². The van der Waals surface area contributed by atoms with Crippen molar-refractivity contribution in [2.45, 2.75) is 45.6 Å². The minimum absolute atomic E-state index is 0.0698. The number of rotatable bonds is 6. The molecule has 0 aromatic rings. The maximum Gasteiger partial charge on any atom is 0.432 e. The molecule has 3 N–H and O–H groups in total. The normalized spacial score (nSPS) is 18.3. The van der Waals surface area contributed by atoms with Crippen molar-refractivity contribution in [2.24, 2.45) is 10.9 Å². The molecule has 1 aliphatic heterocycles. The van der Waals surface area contributed by atoms with Crippen molar-refractivity contribution in [1.29, 1.82) is 10.8 Å². The summed E-state index contributed by atoms with van der Waals surface area (Å²) in [6.45, 7) is 14.4. The zero-order chi connectivity index (χ0) is 19.3. The van der Waals surface area contributed by atoms with Gasteiger partial charge in [-0.2, -0.15) is 0 Å². The fourth-order valence-electron chi connectivity index (χ4n) is 1.77. The van der Waals surface area contributed by atoms with Crippen LogP contribution in [0.2, 0.25) is 0 Å². The number of hydrogen-bond donors (Lipinski definition) is 3. The van der Waals surface area contributed by atoms with E-state index in [9.17, 15) is 14.4 Å². The third kappa shape index (κ3) is 7.12. The summed E-state index contributed by atoms with van der Waals surface area (Å²) in [4.78, 5) is 43.3. The van der Waals surface area contributed by atoms with Gasteiger partial charge in [-0.1, -0.05) is 13.8 Å². The molecule has 1 rings (SSSR count). The first kappa shape index (κ1) is 23.7. The smallest absolute Gasteiger partial charge is 0.320 e. The fraction of sp³-hybridized carbons (Fsp3) is 0.600. The summed E-state index contributed by atoms with van der Waals surface area (Å²) in [5.41, 5.74) is -0.304. The number of nitrogens with one attached hydrogen (secondary N) is 3. The van der Waals surface area contributed by atoms with Crippen LogP contribution in [0.1, 0.15) is 40.0 Å². The molecule has 24 heavy (non-hydrogen) atoms. The van der Waals surface area contributed by atoms with Crippen molar-refractivity contribution in [2.75, 3.05) is 6.54 Å². The Bertz CT molecular complexity index is 455. The lowest BCUT2D eigenvalue weighted by molar-refractivity contribution is -0.172. The Hall–Kier alpha value is -2.58. The van der Waals surface area contributed by atoms with Crippen LogP contribution in [0.5, 0.6) is 0 Å². The van der Waals surface area contributed by atoms with E-state index in [0.29, 0.717) is 18.0 Å². The maximum absolute atomic E-state index is 11.6. The van der Waals surface area contributed by atoms with Crippen molar-refractivity contribution >= 4 is 38.1 Å². The molecule has 0 aromatic carbocycles. The van der Waals surface area contributed by atoms with E-state index in [2.05, 4.69) is 30.5 Å². The van der Waals surface area contributed by atoms with Gasteiger partial charge in [0.1, 0.15) is 0 Å². The SMILES string of the molecule is C=N.C=N.C=NC(C)(CC)CCNC(=O)ON1C(=O)CC(C)C1=O. The van der Waals surface area contributed by atoms with Gasteiger partial charge in [-0.3, -0.25) is 14.6 Å². The van der Waals surface area contributed by atoms with Gasteiger partial charge in [0, 0.05) is 18.9 Å². The molecule has 2 atom stereocenters. The molecule has 1 heterocycles. The molecule has 0 aromatic heterocycles. The van der Waals surface area contributed by atoms with Crippen molar-refractivity contribution in [3.8, 4) is 0 Å². The first-order valence-electron chi connectivity index (χ1n) is 7.34. The number of aliphatic imine (C=N–C) groups is 1. The van der Waals surface area contributed by atoms with Crippen LogP contribution in [-0.2, 0) is 14.4 Å². The van der Waals surface area contributed by atoms with Gasteiger partial charge in [-0.15, -0.1) is 5.06 Å². The Morgan fingerprint density at radius 2 is 1.96 bits per heavy atom. The van der Waals surface area contributed by atoms with Crippen LogP contribution in [-0.4, -0.2) is 55.2 Å². The van der Waals surface area contributed by atoms with Gasteiger partial charge in [-0.05, 0) is 39.9 Å². The van der Waals surface area contributed by atoms with Crippen LogP contribution in [0.15, 0.2) is 4.99 Å². The molecule has 3 amide bonds. The molecule has 0 bridgehead atoms. The number of nitrogens with zero attached hydrogens (tertiary/aromatic N) is 2. The third-order valence-corrected chi connectivity index (χ3v) is 3.58. The summed E-state index contributed by atoms with van der Waals surface area (Å²) >= 11 is 0. The topological polar surface area (TPSA) is 136 Å². The number of hydroxylamine groups is 2. The number of imide groups is 1. The van der Waals surface area contributed by atoms with E-state index in [0.717, 1.165) is 6.42 Å². The number of amides is 3. The van der Waals surface area contributed by atoms with Crippen LogP contribution in [0.4, 0.5) is 4.79 Å². The quantitative estimate of drug-likeness (QED) is 0.501. The second-order valence-electron chi connectivity index (χ2n) is 5.20. The van der Waals surface area contributed by atoms with Crippen molar-refractivity contribution in [3.05, 3.63) is 0 Å². The highest BCUT2D eigenvalue weighted by Gasteiger charge is 2.39. The van der Waals surface area contributed by atoms with Gasteiger partial charge in [0.25, 0.3) is 11.8 Å². The van der Waals surface area contributed by atoms with Gasteiger partial charge in [-0.25, -0.2) is 4.79 Å². The van der Waals surface area contributed by atoms with Crippen LogP contribution in [0, 0.1) is 16.7 Å². The minimum atomic E-state index is -0.816. The molecule has 9 nitrogen and oxygen atoms in total. The van der Waals surface area contributed by atoms with Crippen LogP contribution in [0.25, 0.3) is 0 Å². The van der Waals surface area contributed by atoms with Gasteiger partial charge in [0.2, 0.25) is 0 Å². The summed E-state index contributed by atoms with van der Waals surface area (Å²) in [6, 6.07) is 0. The molecular formula is C15H27N5O4. The molecule has 9 heteroatoms. The summed E-state index contributed by atoms with van der Waals surface area (Å²) in [6.07, 6.45) is 0.651. The first-order valence-corrected chi connectivity index (χ1v) is 7.34. The summed E-state index contributed by atoms with van der Waals surface area (Å²) in [5, 5.41) is 14.0. The standard InChI is InChI=1S/C13H21N3O4.2CH3N/c1-5-13(3,14-4)6-7-15-12(19)20-16-10(17)8-9(2)11(16)18;2*1-2/h9H,4-8H2,1-3H3,(H,15,19);2*2H,1H2. The van der Waals surface area contributed by atoms with E-state index in [1.54, 1.807) is 6.92 Å². The van der Waals surface area contributed by atoms with Crippen LogP contribution in [0.3, 0.4) is 0 Å². The van der Waals surface area contributed by atoms with E-state index in [1.165, 1.54) is 0 Å². The molecular weight excluding hydrogens is 314 g/mol. The predicted molar refractivity (Wildman–Crippen MR) is 92.7 cm³/mol. The second kappa shape index (κ2) is 11.9. The minimum Gasteiger partial charge on any atom is -0.320 e. The molecule has 2 unspecified atom stereocenters. The van der Waals surface area contributed by atoms with E-state index in [-0.39, 0.29) is 12.0 Å². The van der Waals surface area contributed by atoms with Crippen molar-refractivity contribution < 1.29 is 19.2 Å². The first-order chi connectivity index (χ1) is 11.3. The molecule has 1 fully saturated rings. The van der Waals surface area contributed by atoms with E-state index in [4.69, 9.17) is 15.7 Å². The molecule has 1 aliphatic rings. The van der Waals surface area contributed by atoms with Crippen molar-refractivity contribution in [3.63, 3.8) is 0 Å². The fourth-order valence-corrected chi connectivity index (χ4v) is 1.77. The lowest BCUT2D eigenvalue weighted by Crippen LogP contribution is -2.39. The Balaban J connectivity index is 0. The Morgan fingerprint density at radius 3 is 2.33 bits per heavy atom. The highest BCUT2D eigenvalue weighted by atomic mass is 16.7. The molecule has 136 valence electrons. The van der Waals surface area contributed by atoms with E-state index >= 15 is 0 Å². The molecule has 0 saturated carbocycles. The number of carbonyl (C=O) groups excluding carboxylic acids is 3. The van der Waals surface area contributed by atoms with E-state index < -0.39 is 23.8 Å². The van der Waals surface area contributed by atoms with Crippen molar-refractivity contribution in [1.82, 2.24) is 10.4 Å². The van der Waals surface area contributed by atoms with Gasteiger partial charge in [0.15, 0.2) is 0 Å². The largest absolute Gasteiger partial charge is 0.432 e. The third-order valence-electron chi connectivity index (χ3n) is 3.58. The average molecular weight is 341 g/mol. The van der Waals surface area contributed by atoms with Gasteiger partial charge >= 0.3 is 6.09 Å². The Labute approximate surface area is 142 Å². The predicted octanol–water partition coefficient (Wildman–Crippen LogP) is 1.81. The summed E-state index contributed by atoms with van der Waals surface area (Å²) in [5.74, 6) is -1.43. The highest BCUT2D eigenvalue weighted by Crippen LogP contribution is 2.19. The number of hydrogen-bond acceptors (Lipinski definition) is 7. The maximum atomic E-state index is 11.6. The zero-order valence-electron chi connectivity index (χ0n) is 14.6. The number of carbonyl (C=O) groups is 3. The Morgan fingerprint density at radius 1 is 1.42 bits per heavy atom. The summed E-state index contributed by atoms with van der Waals surface area (Å²) < 4.78 is 0. The second-order valence-corrected chi connectivity index (χ2v) is 5.20. The van der Waals surface area contributed by atoms with Crippen LogP contribution >= 0.6 is 0 Å². The van der Waals surface area contributed by atoms with E-state index in [1.807, 2.05) is 13.8 Å².